The highest BCUT2D eigenvalue weighted by molar-refractivity contribution is 6.01. The third-order valence-electron chi connectivity index (χ3n) is 8.77. The fraction of sp³-hybridized carbons (Fsp3) is 0.531. The summed E-state index contributed by atoms with van der Waals surface area (Å²) < 4.78 is 17.3. The molecule has 0 spiro atoms. The van der Waals surface area contributed by atoms with Crippen molar-refractivity contribution in [2.45, 2.75) is 64.5 Å². The molecule has 1 saturated heterocycles. The molecule has 1 N–H and O–H groups in total. The molecule has 9 heteroatoms. The molecule has 0 unspecified atom stereocenters. The first kappa shape index (κ1) is 28.9. The average Bonchev–Trinajstić information content (AvgIpc) is 3.58. The van der Waals surface area contributed by atoms with Crippen molar-refractivity contribution in [3.63, 3.8) is 0 Å². The predicted octanol–water partition coefficient (Wildman–Crippen LogP) is 4.61. The molecule has 9 nitrogen and oxygen atoms in total. The number of carboxylic acid groups (broad SMARTS) is 1. The first-order valence-electron chi connectivity index (χ1n) is 14.7. The van der Waals surface area contributed by atoms with E-state index < -0.39 is 5.97 Å². The number of likely N-dealkylation sites (tertiary alicyclic amines) is 1. The number of fused-ring (bicyclic) bond motifs is 1. The second-order valence-corrected chi connectivity index (χ2v) is 11.4. The quantitative estimate of drug-likeness (QED) is 0.373. The average molecular weight is 565 g/mol. The lowest BCUT2D eigenvalue weighted by molar-refractivity contribution is -0.143. The van der Waals surface area contributed by atoms with Crippen LogP contribution in [-0.4, -0.2) is 66.1 Å². The first-order valence-corrected chi connectivity index (χ1v) is 14.7. The van der Waals surface area contributed by atoms with Gasteiger partial charge in [-0.2, -0.15) is 0 Å². The summed E-state index contributed by atoms with van der Waals surface area (Å²) in [5, 5.41) is 9.44. The van der Waals surface area contributed by atoms with E-state index in [1.54, 1.807) is 7.11 Å². The van der Waals surface area contributed by atoms with Crippen LogP contribution in [0.5, 0.6) is 17.2 Å². The van der Waals surface area contributed by atoms with E-state index in [0.29, 0.717) is 24.0 Å². The Balaban J connectivity index is 1.29. The van der Waals surface area contributed by atoms with Crippen molar-refractivity contribution in [3.8, 4) is 17.2 Å². The second-order valence-electron chi connectivity index (χ2n) is 11.4. The Hall–Kier alpha value is -3.59. The fourth-order valence-corrected chi connectivity index (χ4v) is 6.24. The minimum absolute atomic E-state index is 0.149. The molecule has 1 atom stereocenters. The molecule has 2 fully saturated rings. The number of hydrogen-bond donors (Lipinski definition) is 1. The Bertz CT molecular complexity index is 1250. The maximum atomic E-state index is 11.9. The number of methoxy groups -OCH3 is 1. The Morgan fingerprint density at radius 3 is 2.51 bits per heavy atom. The number of carbonyl (C=O) groups is 3. The van der Waals surface area contributed by atoms with Crippen molar-refractivity contribution in [1.82, 2.24) is 9.80 Å². The summed E-state index contributed by atoms with van der Waals surface area (Å²) in [4.78, 5) is 39.0. The molecule has 2 aromatic carbocycles. The monoisotopic (exact) mass is 564 g/mol. The zero-order chi connectivity index (χ0) is 28.9. The van der Waals surface area contributed by atoms with Crippen LogP contribution in [0.25, 0.3) is 0 Å². The predicted molar refractivity (Wildman–Crippen MR) is 152 cm³/mol. The van der Waals surface area contributed by atoms with Gasteiger partial charge in [-0.25, -0.2) is 0 Å². The van der Waals surface area contributed by atoms with Crippen LogP contribution in [0, 0.1) is 11.8 Å². The Morgan fingerprint density at radius 1 is 1.05 bits per heavy atom. The van der Waals surface area contributed by atoms with Gasteiger partial charge in [-0.1, -0.05) is 18.2 Å². The summed E-state index contributed by atoms with van der Waals surface area (Å²) >= 11 is 0. The van der Waals surface area contributed by atoms with Gasteiger partial charge in [0.15, 0.2) is 11.5 Å². The van der Waals surface area contributed by atoms with E-state index in [1.807, 2.05) is 18.2 Å². The van der Waals surface area contributed by atoms with Crippen LogP contribution in [0.4, 0.5) is 0 Å². The normalized spacial score (nSPS) is 21.1. The number of imide groups is 1. The second kappa shape index (κ2) is 12.9. The molecule has 1 saturated carbocycles. The first-order chi connectivity index (χ1) is 19.8. The zero-order valence-corrected chi connectivity index (χ0v) is 24.0. The minimum Gasteiger partial charge on any atom is -0.493 e. The van der Waals surface area contributed by atoms with Crippen molar-refractivity contribution in [1.29, 1.82) is 0 Å². The fourth-order valence-electron chi connectivity index (χ4n) is 6.24. The number of carbonyl (C=O) groups excluding carboxylic acids is 2. The highest BCUT2D eigenvalue weighted by Crippen LogP contribution is 2.36. The van der Waals surface area contributed by atoms with E-state index in [2.05, 4.69) is 30.0 Å². The Labute approximate surface area is 241 Å². The van der Waals surface area contributed by atoms with Gasteiger partial charge in [-0.3, -0.25) is 24.2 Å². The molecule has 1 aliphatic carbocycles. The lowest BCUT2D eigenvalue weighted by Crippen LogP contribution is -2.34. The summed E-state index contributed by atoms with van der Waals surface area (Å²) in [7, 11) is 1.60. The summed E-state index contributed by atoms with van der Waals surface area (Å²) in [6.45, 7) is 4.96. The number of aliphatic carboxylic acids is 1. The number of carboxylic acids is 1. The summed E-state index contributed by atoms with van der Waals surface area (Å²) in [5.41, 5.74) is 3.57. The SMILES string of the molecule is COc1cc(CN(CC2CCC(C(=O)O)CC2)[C@@H](C)c2ccc3c(c2)CCO3)ccc1OCCN1C(=O)CCC1=O. The maximum absolute atomic E-state index is 11.9. The van der Waals surface area contributed by atoms with Gasteiger partial charge in [0.2, 0.25) is 11.8 Å². The van der Waals surface area contributed by atoms with Gasteiger partial charge in [-0.15, -0.1) is 0 Å². The van der Waals surface area contributed by atoms with Crippen molar-refractivity contribution < 1.29 is 33.7 Å². The van der Waals surface area contributed by atoms with Crippen LogP contribution >= 0.6 is 0 Å². The molecule has 2 aromatic rings. The smallest absolute Gasteiger partial charge is 0.306 e. The van der Waals surface area contributed by atoms with Gasteiger partial charge in [0.05, 0.1) is 26.2 Å². The topological polar surface area (TPSA) is 106 Å². The third-order valence-corrected chi connectivity index (χ3v) is 8.77. The van der Waals surface area contributed by atoms with Crippen LogP contribution < -0.4 is 14.2 Å². The molecule has 2 heterocycles. The van der Waals surface area contributed by atoms with E-state index >= 15 is 0 Å². The molecule has 0 bridgehead atoms. The number of ether oxygens (including phenoxy) is 3. The van der Waals surface area contributed by atoms with Gasteiger partial charge >= 0.3 is 5.97 Å². The van der Waals surface area contributed by atoms with Crippen molar-refractivity contribution in [2.24, 2.45) is 11.8 Å². The van der Waals surface area contributed by atoms with Crippen molar-refractivity contribution in [3.05, 3.63) is 53.1 Å². The van der Waals surface area contributed by atoms with E-state index in [-0.39, 0.29) is 49.8 Å². The number of rotatable bonds is 12. The molecule has 2 aliphatic heterocycles. The number of nitrogens with zero attached hydrogens (tertiary/aromatic N) is 2. The number of benzene rings is 2. The molecule has 5 rings (SSSR count). The highest BCUT2D eigenvalue weighted by Gasteiger charge is 2.30. The van der Waals surface area contributed by atoms with Crippen LogP contribution in [0.3, 0.4) is 0 Å². The van der Waals surface area contributed by atoms with Crippen LogP contribution in [-0.2, 0) is 27.3 Å². The number of amides is 2. The van der Waals surface area contributed by atoms with E-state index in [1.165, 1.54) is 16.0 Å². The standard InChI is InChI=1S/C32H40N2O7/c1-21(25-8-10-27-26(18-25)13-15-40-27)33(19-22-3-6-24(7-4-22)32(37)38)20-23-5-9-28(29(17-23)39-2)41-16-14-34-30(35)11-12-31(34)36/h5,8-10,17-18,21-22,24H,3-4,6-7,11-16,19-20H2,1-2H3,(H,37,38)/t21-,22?,24?/m0/s1. The molecule has 41 heavy (non-hydrogen) atoms. The molecule has 220 valence electrons. The lowest BCUT2D eigenvalue weighted by atomic mass is 9.81. The third kappa shape index (κ3) is 6.84. The molecule has 0 aromatic heterocycles. The van der Waals surface area contributed by atoms with Gasteiger partial charge in [0.1, 0.15) is 12.4 Å². The molecule has 0 radical (unpaired) electrons. The van der Waals surface area contributed by atoms with Crippen LogP contribution in [0.2, 0.25) is 0 Å². The zero-order valence-electron chi connectivity index (χ0n) is 24.0. The van der Waals surface area contributed by atoms with Gasteiger partial charge in [-0.05, 0) is 73.4 Å². The molecular formula is C32H40N2O7. The van der Waals surface area contributed by atoms with E-state index in [9.17, 15) is 19.5 Å². The Kier molecular flexibility index (Phi) is 9.12. The summed E-state index contributed by atoms with van der Waals surface area (Å²) in [6, 6.07) is 12.5. The van der Waals surface area contributed by atoms with Crippen molar-refractivity contribution in [2.75, 3.05) is 33.4 Å². The summed E-state index contributed by atoms with van der Waals surface area (Å²) in [5.74, 6) is 1.37. The van der Waals surface area contributed by atoms with Gasteiger partial charge in [0, 0.05) is 38.4 Å². The van der Waals surface area contributed by atoms with Gasteiger partial charge in [0.25, 0.3) is 0 Å². The van der Waals surface area contributed by atoms with Crippen LogP contribution in [0.15, 0.2) is 36.4 Å². The van der Waals surface area contributed by atoms with Crippen LogP contribution in [0.1, 0.15) is 68.2 Å². The minimum atomic E-state index is -0.679. The Morgan fingerprint density at radius 2 is 1.80 bits per heavy atom. The maximum Gasteiger partial charge on any atom is 0.306 e. The molecular weight excluding hydrogens is 524 g/mol. The van der Waals surface area contributed by atoms with E-state index in [4.69, 9.17) is 14.2 Å². The molecule has 3 aliphatic rings. The number of hydrogen-bond acceptors (Lipinski definition) is 7. The van der Waals surface area contributed by atoms with E-state index in [0.717, 1.165) is 56.6 Å². The van der Waals surface area contributed by atoms with Gasteiger partial charge < -0.3 is 19.3 Å². The largest absolute Gasteiger partial charge is 0.493 e. The highest BCUT2D eigenvalue weighted by atomic mass is 16.5. The summed E-state index contributed by atoms with van der Waals surface area (Å²) in [6.07, 6.45) is 4.75. The lowest BCUT2D eigenvalue weighted by Gasteiger charge is -2.35. The molecule has 2 amide bonds. The van der Waals surface area contributed by atoms with Crippen molar-refractivity contribution >= 4 is 17.8 Å².